The Balaban J connectivity index is 2.14. The number of hydrogen-bond acceptors (Lipinski definition) is 1. The zero-order chi connectivity index (χ0) is 15.0. The van der Waals surface area contributed by atoms with Crippen molar-refractivity contribution in [1.82, 2.24) is 0 Å². The molecule has 2 rings (SSSR count). The molecule has 1 aromatic rings. The van der Waals surface area contributed by atoms with E-state index < -0.39 is 17.3 Å². The molecule has 3 unspecified atom stereocenters. The highest BCUT2D eigenvalue weighted by atomic mass is 19.4. The van der Waals surface area contributed by atoms with Crippen LogP contribution in [-0.4, -0.2) is 10.7 Å². The number of hydrogen-bond donors (Lipinski definition) is 1. The van der Waals surface area contributed by atoms with E-state index >= 15 is 0 Å². The summed E-state index contributed by atoms with van der Waals surface area (Å²) in [5.74, 6) is 0.969. The summed E-state index contributed by atoms with van der Waals surface area (Å²) < 4.78 is 38.1. The second kappa shape index (κ2) is 5.40. The summed E-state index contributed by atoms with van der Waals surface area (Å²) in [6, 6.07) is 5.30. The number of halogens is 3. The smallest absolute Gasteiger partial charge is 0.390 e. The molecule has 0 saturated heterocycles. The standard InChI is InChI=1S/C16H21F3O/c1-11-6-7-15(20,9-12(11)2)10-13-4-3-5-14(8-13)16(17,18)19/h3-5,8,11-12,20H,6-7,9-10H2,1-2H3. The summed E-state index contributed by atoms with van der Waals surface area (Å²) >= 11 is 0. The van der Waals surface area contributed by atoms with Crippen LogP contribution >= 0.6 is 0 Å². The fourth-order valence-electron chi connectivity index (χ4n) is 3.08. The molecule has 0 radical (unpaired) electrons. The van der Waals surface area contributed by atoms with Crippen LogP contribution in [0.1, 0.15) is 44.2 Å². The first-order chi connectivity index (χ1) is 9.20. The minimum atomic E-state index is -4.33. The molecule has 0 heterocycles. The van der Waals surface area contributed by atoms with Crippen LogP contribution in [0.5, 0.6) is 0 Å². The second-order valence-electron chi connectivity index (χ2n) is 6.30. The van der Waals surface area contributed by atoms with Crippen LogP contribution < -0.4 is 0 Å². The van der Waals surface area contributed by atoms with E-state index in [0.29, 0.717) is 36.7 Å². The Morgan fingerprint density at radius 3 is 2.55 bits per heavy atom. The molecule has 1 nitrogen and oxygen atoms in total. The van der Waals surface area contributed by atoms with Crippen molar-refractivity contribution < 1.29 is 18.3 Å². The summed E-state index contributed by atoms with van der Waals surface area (Å²) in [7, 11) is 0. The van der Waals surface area contributed by atoms with Crippen molar-refractivity contribution in [2.24, 2.45) is 11.8 Å². The van der Waals surface area contributed by atoms with E-state index in [-0.39, 0.29) is 0 Å². The molecule has 1 aliphatic rings. The maximum atomic E-state index is 12.7. The van der Waals surface area contributed by atoms with E-state index in [9.17, 15) is 18.3 Å². The highest BCUT2D eigenvalue weighted by molar-refractivity contribution is 5.27. The minimum absolute atomic E-state index is 0.300. The summed E-state index contributed by atoms with van der Waals surface area (Å²) in [6.45, 7) is 4.26. The van der Waals surface area contributed by atoms with Gasteiger partial charge in [0, 0.05) is 6.42 Å². The van der Waals surface area contributed by atoms with E-state index in [4.69, 9.17) is 0 Å². The third-order valence-corrected chi connectivity index (χ3v) is 4.53. The maximum Gasteiger partial charge on any atom is 0.416 e. The molecule has 1 fully saturated rings. The molecule has 20 heavy (non-hydrogen) atoms. The molecule has 0 bridgehead atoms. The van der Waals surface area contributed by atoms with Crippen LogP contribution in [0.15, 0.2) is 24.3 Å². The Kier molecular flexibility index (Phi) is 4.14. The quantitative estimate of drug-likeness (QED) is 0.852. The Bertz CT molecular complexity index is 469. The fraction of sp³-hybridized carbons (Fsp3) is 0.625. The summed E-state index contributed by atoms with van der Waals surface area (Å²) in [6.07, 6.45) is -1.78. The van der Waals surface area contributed by atoms with Crippen molar-refractivity contribution in [3.8, 4) is 0 Å². The highest BCUT2D eigenvalue weighted by Gasteiger charge is 2.36. The monoisotopic (exact) mass is 286 g/mol. The van der Waals surface area contributed by atoms with E-state index in [1.54, 1.807) is 6.07 Å². The van der Waals surface area contributed by atoms with Gasteiger partial charge >= 0.3 is 6.18 Å². The zero-order valence-electron chi connectivity index (χ0n) is 11.9. The van der Waals surface area contributed by atoms with Crippen molar-refractivity contribution >= 4 is 0 Å². The molecule has 1 aromatic carbocycles. The lowest BCUT2D eigenvalue weighted by molar-refractivity contribution is -0.137. The third-order valence-electron chi connectivity index (χ3n) is 4.53. The first-order valence-corrected chi connectivity index (χ1v) is 7.08. The summed E-state index contributed by atoms with van der Waals surface area (Å²) in [4.78, 5) is 0. The number of aliphatic hydroxyl groups is 1. The van der Waals surface area contributed by atoms with Crippen LogP contribution in [0, 0.1) is 11.8 Å². The maximum absolute atomic E-state index is 12.7. The van der Waals surface area contributed by atoms with Gasteiger partial charge in [0.25, 0.3) is 0 Å². The highest BCUT2D eigenvalue weighted by Crippen LogP contribution is 2.38. The van der Waals surface area contributed by atoms with Crippen LogP contribution in [0.3, 0.4) is 0 Å². The Labute approximate surface area is 117 Å². The van der Waals surface area contributed by atoms with Crippen molar-refractivity contribution in [3.63, 3.8) is 0 Å². The van der Waals surface area contributed by atoms with Gasteiger partial charge < -0.3 is 5.11 Å². The molecule has 1 N–H and O–H groups in total. The van der Waals surface area contributed by atoms with Crippen molar-refractivity contribution in [2.75, 3.05) is 0 Å². The zero-order valence-corrected chi connectivity index (χ0v) is 11.9. The number of alkyl halides is 3. The van der Waals surface area contributed by atoms with Gasteiger partial charge in [-0.25, -0.2) is 0 Å². The van der Waals surface area contributed by atoms with Gasteiger partial charge in [-0.1, -0.05) is 32.0 Å². The molecule has 0 spiro atoms. The van der Waals surface area contributed by atoms with Crippen molar-refractivity contribution in [1.29, 1.82) is 0 Å². The van der Waals surface area contributed by atoms with Gasteiger partial charge in [-0.2, -0.15) is 13.2 Å². The molecule has 4 heteroatoms. The van der Waals surface area contributed by atoms with Gasteiger partial charge in [-0.3, -0.25) is 0 Å². The molecular weight excluding hydrogens is 265 g/mol. The molecule has 0 aliphatic heterocycles. The lowest BCUT2D eigenvalue weighted by Gasteiger charge is -2.39. The van der Waals surface area contributed by atoms with E-state index in [1.165, 1.54) is 6.07 Å². The van der Waals surface area contributed by atoms with Crippen LogP contribution in [0.4, 0.5) is 13.2 Å². The lowest BCUT2D eigenvalue weighted by atomic mass is 9.71. The molecule has 112 valence electrons. The van der Waals surface area contributed by atoms with Crippen LogP contribution in [-0.2, 0) is 12.6 Å². The topological polar surface area (TPSA) is 20.2 Å². The lowest BCUT2D eigenvalue weighted by Crippen LogP contribution is -2.39. The first-order valence-electron chi connectivity index (χ1n) is 7.08. The SMILES string of the molecule is CC1CCC(O)(Cc2cccc(C(F)(F)F)c2)CC1C. The predicted octanol–water partition coefficient (Wildman–Crippen LogP) is 4.44. The molecule has 0 aromatic heterocycles. The largest absolute Gasteiger partial charge is 0.416 e. The Morgan fingerprint density at radius 1 is 1.25 bits per heavy atom. The molecular formula is C16H21F3O. The molecule has 0 amide bonds. The second-order valence-corrected chi connectivity index (χ2v) is 6.30. The Hall–Kier alpha value is -1.03. The fourth-order valence-corrected chi connectivity index (χ4v) is 3.08. The van der Waals surface area contributed by atoms with Crippen molar-refractivity contribution in [2.45, 2.75) is 51.3 Å². The van der Waals surface area contributed by atoms with E-state index in [2.05, 4.69) is 13.8 Å². The molecule has 1 saturated carbocycles. The average Bonchev–Trinajstić information content (AvgIpc) is 2.33. The van der Waals surface area contributed by atoms with Crippen LogP contribution in [0.25, 0.3) is 0 Å². The normalized spacial score (nSPS) is 31.3. The van der Waals surface area contributed by atoms with Gasteiger partial charge in [0.1, 0.15) is 0 Å². The predicted molar refractivity (Wildman–Crippen MR) is 72.3 cm³/mol. The van der Waals surface area contributed by atoms with Crippen molar-refractivity contribution in [3.05, 3.63) is 35.4 Å². The molecule has 3 atom stereocenters. The molecule has 1 aliphatic carbocycles. The van der Waals surface area contributed by atoms with Gasteiger partial charge in [-0.15, -0.1) is 0 Å². The number of rotatable bonds is 2. The van der Waals surface area contributed by atoms with E-state index in [0.717, 1.165) is 18.6 Å². The summed E-state index contributed by atoms with van der Waals surface area (Å²) in [5.41, 5.74) is -0.948. The van der Waals surface area contributed by atoms with E-state index in [1.807, 2.05) is 0 Å². The van der Waals surface area contributed by atoms with Gasteiger partial charge in [0.2, 0.25) is 0 Å². The first kappa shape index (κ1) is 15.4. The summed E-state index contributed by atoms with van der Waals surface area (Å²) in [5, 5.41) is 10.6. The Morgan fingerprint density at radius 2 is 1.95 bits per heavy atom. The third kappa shape index (κ3) is 3.54. The average molecular weight is 286 g/mol. The van der Waals surface area contributed by atoms with Crippen LogP contribution in [0.2, 0.25) is 0 Å². The van der Waals surface area contributed by atoms with Gasteiger partial charge in [0.05, 0.1) is 11.2 Å². The number of benzene rings is 1. The van der Waals surface area contributed by atoms with Gasteiger partial charge in [-0.05, 0) is 42.7 Å². The minimum Gasteiger partial charge on any atom is -0.390 e. The van der Waals surface area contributed by atoms with Gasteiger partial charge in [0.15, 0.2) is 0 Å².